The minimum atomic E-state index is -0.726. The van der Waals surface area contributed by atoms with E-state index in [4.69, 9.17) is 5.11 Å². The van der Waals surface area contributed by atoms with Crippen molar-refractivity contribution >= 4 is 5.97 Å². The van der Waals surface area contributed by atoms with Gasteiger partial charge in [0.1, 0.15) is 0 Å². The fraction of sp³-hybridized carbons (Fsp3) is 0.455. The number of pyridine rings is 1. The first-order chi connectivity index (χ1) is 7.29. The van der Waals surface area contributed by atoms with Gasteiger partial charge in [0.2, 0.25) is 0 Å². The first-order valence-electron chi connectivity index (χ1n) is 5.15. The van der Waals surface area contributed by atoms with Gasteiger partial charge in [-0.1, -0.05) is 6.07 Å². The van der Waals surface area contributed by atoms with Crippen LogP contribution in [0.5, 0.6) is 0 Å². The molecule has 15 heavy (non-hydrogen) atoms. The molecule has 2 heterocycles. The molecule has 1 saturated heterocycles. The lowest BCUT2D eigenvalue weighted by Gasteiger charge is -2.29. The first-order valence-corrected chi connectivity index (χ1v) is 5.15. The van der Waals surface area contributed by atoms with Crippen LogP contribution >= 0.6 is 0 Å². The molecule has 0 radical (unpaired) electrons. The number of rotatable bonds is 2. The van der Waals surface area contributed by atoms with Crippen molar-refractivity contribution in [2.45, 2.75) is 18.9 Å². The van der Waals surface area contributed by atoms with Crippen molar-refractivity contribution in [3.8, 4) is 0 Å². The third-order valence-corrected chi connectivity index (χ3v) is 2.82. The summed E-state index contributed by atoms with van der Waals surface area (Å²) in [6.45, 7) is 0.878. The number of hydrogen-bond acceptors (Lipinski definition) is 3. The summed E-state index contributed by atoms with van der Waals surface area (Å²) < 4.78 is 0. The predicted molar refractivity (Wildman–Crippen MR) is 55.3 cm³/mol. The summed E-state index contributed by atoms with van der Waals surface area (Å²) in [7, 11) is 0. The van der Waals surface area contributed by atoms with E-state index in [9.17, 15) is 4.79 Å². The van der Waals surface area contributed by atoms with Crippen LogP contribution in [0.25, 0.3) is 0 Å². The Labute approximate surface area is 88.3 Å². The molecular weight excluding hydrogens is 192 g/mol. The maximum absolute atomic E-state index is 11.1. The van der Waals surface area contributed by atoms with Gasteiger partial charge in [0.25, 0.3) is 0 Å². The van der Waals surface area contributed by atoms with Crippen LogP contribution in [0.3, 0.4) is 0 Å². The summed E-state index contributed by atoms with van der Waals surface area (Å²) in [4.78, 5) is 15.1. The van der Waals surface area contributed by atoms with E-state index >= 15 is 0 Å². The van der Waals surface area contributed by atoms with Crippen molar-refractivity contribution in [2.75, 3.05) is 6.54 Å². The molecule has 1 aliphatic heterocycles. The Bertz CT molecular complexity index is 340. The van der Waals surface area contributed by atoms with E-state index < -0.39 is 5.97 Å². The van der Waals surface area contributed by atoms with Crippen LogP contribution in [-0.2, 0) is 4.79 Å². The van der Waals surface area contributed by atoms with Crippen molar-refractivity contribution in [1.29, 1.82) is 0 Å². The summed E-state index contributed by atoms with van der Waals surface area (Å²) in [5.74, 6) is -1.06. The molecule has 1 aliphatic rings. The summed E-state index contributed by atoms with van der Waals surface area (Å²) in [6, 6.07) is 3.67. The van der Waals surface area contributed by atoms with Crippen LogP contribution in [0, 0.1) is 5.92 Å². The van der Waals surface area contributed by atoms with E-state index in [0.717, 1.165) is 24.9 Å². The van der Waals surface area contributed by atoms with Crippen molar-refractivity contribution < 1.29 is 9.90 Å². The Balaban J connectivity index is 2.22. The van der Waals surface area contributed by atoms with Crippen LogP contribution in [-0.4, -0.2) is 22.6 Å². The number of nitrogens with one attached hydrogen (secondary N) is 1. The van der Waals surface area contributed by atoms with Crippen molar-refractivity contribution in [3.05, 3.63) is 30.1 Å². The number of carboxylic acids is 1. The highest BCUT2D eigenvalue weighted by molar-refractivity contribution is 5.71. The van der Waals surface area contributed by atoms with Crippen LogP contribution in [0.15, 0.2) is 24.5 Å². The Kier molecular flexibility index (Phi) is 2.97. The Morgan fingerprint density at radius 3 is 3.13 bits per heavy atom. The van der Waals surface area contributed by atoms with Crippen molar-refractivity contribution in [2.24, 2.45) is 5.92 Å². The van der Waals surface area contributed by atoms with Gasteiger partial charge in [-0.05, 0) is 31.0 Å². The number of hydrogen-bond donors (Lipinski definition) is 2. The summed E-state index contributed by atoms with van der Waals surface area (Å²) >= 11 is 0. The topological polar surface area (TPSA) is 62.2 Å². The first kappa shape index (κ1) is 10.1. The smallest absolute Gasteiger partial charge is 0.308 e. The van der Waals surface area contributed by atoms with Gasteiger partial charge in [-0.3, -0.25) is 9.78 Å². The molecule has 4 nitrogen and oxygen atoms in total. The minimum Gasteiger partial charge on any atom is -0.481 e. The third kappa shape index (κ3) is 2.15. The highest BCUT2D eigenvalue weighted by Gasteiger charge is 2.31. The fourth-order valence-corrected chi connectivity index (χ4v) is 2.06. The van der Waals surface area contributed by atoms with Gasteiger partial charge in [-0.15, -0.1) is 0 Å². The van der Waals surface area contributed by atoms with E-state index in [0.29, 0.717) is 0 Å². The zero-order valence-electron chi connectivity index (χ0n) is 8.39. The highest BCUT2D eigenvalue weighted by atomic mass is 16.4. The lowest BCUT2D eigenvalue weighted by molar-refractivity contribution is -0.143. The number of carbonyl (C=O) groups is 1. The highest BCUT2D eigenvalue weighted by Crippen LogP contribution is 2.28. The molecule has 1 aromatic heterocycles. The predicted octanol–water partition coefficient (Wildman–Crippen LogP) is 1.21. The maximum Gasteiger partial charge on any atom is 0.308 e. The number of piperidine rings is 1. The average Bonchev–Trinajstić information content (AvgIpc) is 2.30. The summed E-state index contributed by atoms with van der Waals surface area (Å²) in [6.07, 6.45) is 5.09. The second-order valence-corrected chi connectivity index (χ2v) is 3.81. The van der Waals surface area contributed by atoms with E-state index in [-0.39, 0.29) is 12.0 Å². The number of aliphatic carboxylic acids is 1. The molecule has 2 N–H and O–H groups in total. The zero-order valence-corrected chi connectivity index (χ0v) is 8.39. The molecule has 0 unspecified atom stereocenters. The molecule has 0 amide bonds. The second-order valence-electron chi connectivity index (χ2n) is 3.81. The van der Waals surface area contributed by atoms with E-state index in [2.05, 4.69) is 10.3 Å². The Morgan fingerprint density at radius 1 is 1.60 bits per heavy atom. The molecule has 0 spiro atoms. The zero-order chi connectivity index (χ0) is 10.7. The molecule has 2 rings (SSSR count). The molecule has 2 atom stereocenters. The van der Waals surface area contributed by atoms with Crippen molar-refractivity contribution in [1.82, 2.24) is 10.3 Å². The van der Waals surface area contributed by atoms with E-state index in [1.165, 1.54) is 0 Å². The van der Waals surface area contributed by atoms with E-state index in [1.807, 2.05) is 12.1 Å². The normalized spacial score (nSPS) is 26.1. The summed E-state index contributed by atoms with van der Waals surface area (Å²) in [5, 5.41) is 12.4. The minimum absolute atomic E-state index is 0.0926. The summed E-state index contributed by atoms with van der Waals surface area (Å²) in [5.41, 5.74) is 0.963. The molecule has 0 aliphatic carbocycles. The Hall–Kier alpha value is -1.42. The molecule has 1 fully saturated rings. The van der Waals surface area contributed by atoms with Gasteiger partial charge in [-0.2, -0.15) is 0 Å². The van der Waals surface area contributed by atoms with Crippen LogP contribution < -0.4 is 5.32 Å². The lowest BCUT2D eigenvalue weighted by atomic mass is 9.87. The number of nitrogens with zero attached hydrogens (tertiary/aromatic N) is 1. The average molecular weight is 206 g/mol. The second kappa shape index (κ2) is 4.40. The Morgan fingerprint density at radius 2 is 2.47 bits per heavy atom. The molecule has 80 valence electrons. The molecule has 0 saturated carbocycles. The van der Waals surface area contributed by atoms with Gasteiger partial charge in [0.05, 0.1) is 5.92 Å². The quantitative estimate of drug-likeness (QED) is 0.763. The maximum atomic E-state index is 11.1. The van der Waals surface area contributed by atoms with Crippen LogP contribution in [0.1, 0.15) is 24.4 Å². The van der Waals surface area contributed by atoms with Gasteiger partial charge in [-0.25, -0.2) is 0 Å². The van der Waals surface area contributed by atoms with Gasteiger partial charge >= 0.3 is 5.97 Å². The van der Waals surface area contributed by atoms with Gasteiger partial charge < -0.3 is 10.4 Å². The largest absolute Gasteiger partial charge is 0.481 e. The lowest BCUT2D eigenvalue weighted by Crippen LogP contribution is -2.38. The van der Waals surface area contributed by atoms with Crippen LogP contribution in [0.2, 0.25) is 0 Å². The molecule has 4 heteroatoms. The third-order valence-electron chi connectivity index (χ3n) is 2.82. The molecule has 1 aromatic rings. The molecule has 0 aromatic carbocycles. The van der Waals surface area contributed by atoms with Gasteiger partial charge in [0, 0.05) is 18.4 Å². The fourth-order valence-electron chi connectivity index (χ4n) is 2.06. The molecular formula is C11H14N2O2. The number of carboxylic acid groups (broad SMARTS) is 1. The number of aromatic nitrogens is 1. The monoisotopic (exact) mass is 206 g/mol. The van der Waals surface area contributed by atoms with E-state index in [1.54, 1.807) is 12.4 Å². The standard InChI is InChI=1S/C11H14N2O2/c14-11(15)9-4-2-6-13-10(9)8-3-1-5-12-7-8/h1,3,5,7,9-10,13H,2,4,6H2,(H,14,15)/t9-,10+/m1/s1. The SMILES string of the molecule is O=C(O)[C@@H]1CCCN[C@H]1c1cccnc1. The van der Waals surface area contributed by atoms with Crippen LogP contribution in [0.4, 0.5) is 0 Å². The van der Waals surface area contributed by atoms with Crippen molar-refractivity contribution in [3.63, 3.8) is 0 Å². The van der Waals surface area contributed by atoms with Gasteiger partial charge in [0.15, 0.2) is 0 Å². The molecule has 0 bridgehead atoms.